The molecule has 3 nitrogen and oxygen atoms in total. The summed E-state index contributed by atoms with van der Waals surface area (Å²) in [7, 11) is 0. The van der Waals surface area contributed by atoms with Gasteiger partial charge in [0.1, 0.15) is 5.82 Å². The number of nitrogens with zero attached hydrogens (tertiary/aromatic N) is 1. The minimum atomic E-state index is -0.462. The largest absolute Gasteiger partial charge is 0.397 e. The standard InChI is InChI=1S/C14H18ClFN2O/c15-9-7-13(11(17)8-10(9)16)18-5-6-19-14-4-2-1-3-12(14)18/h7-8,12,14H,1-6,17H2. The van der Waals surface area contributed by atoms with Crippen LogP contribution >= 0.6 is 11.6 Å². The van der Waals surface area contributed by atoms with Gasteiger partial charge in [-0.2, -0.15) is 0 Å². The number of benzene rings is 1. The van der Waals surface area contributed by atoms with E-state index in [1.807, 2.05) is 0 Å². The SMILES string of the molecule is Nc1cc(F)c(Cl)cc1N1CCOC2CCCCC21. The van der Waals surface area contributed by atoms with Crippen molar-refractivity contribution in [3.8, 4) is 0 Å². The Morgan fingerprint density at radius 1 is 1.32 bits per heavy atom. The van der Waals surface area contributed by atoms with Gasteiger partial charge in [0, 0.05) is 12.6 Å². The molecule has 0 spiro atoms. The number of halogens is 2. The Kier molecular flexibility index (Phi) is 3.54. The molecular formula is C14H18ClFN2O. The van der Waals surface area contributed by atoms with Crippen LogP contribution in [0.15, 0.2) is 12.1 Å². The molecule has 1 aromatic rings. The third-order valence-corrected chi connectivity index (χ3v) is 4.40. The summed E-state index contributed by atoms with van der Waals surface area (Å²) in [6, 6.07) is 3.29. The summed E-state index contributed by atoms with van der Waals surface area (Å²) >= 11 is 5.89. The fourth-order valence-corrected chi connectivity index (χ4v) is 3.35. The van der Waals surface area contributed by atoms with E-state index in [9.17, 15) is 4.39 Å². The van der Waals surface area contributed by atoms with Crippen molar-refractivity contribution in [3.63, 3.8) is 0 Å². The number of nitrogens with two attached hydrogens (primary N) is 1. The van der Waals surface area contributed by atoms with Gasteiger partial charge in [-0.1, -0.05) is 24.4 Å². The second-order valence-corrected chi connectivity index (χ2v) is 5.69. The maximum Gasteiger partial charge on any atom is 0.143 e. The highest BCUT2D eigenvalue weighted by atomic mass is 35.5. The van der Waals surface area contributed by atoms with Gasteiger partial charge in [0.05, 0.1) is 35.2 Å². The molecule has 0 aromatic heterocycles. The molecule has 19 heavy (non-hydrogen) atoms. The van der Waals surface area contributed by atoms with Crippen molar-refractivity contribution in [3.05, 3.63) is 23.0 Å². The van der Waals surface area contributed by atoms with E-state index < -0.39 is 5.82 Å². The highest BCUT2D eigenvalue weighted by molar-refractivity contribution is 6.31. The number of morpholine rings is 1. The number of nitrogen functional groups attached to an aromatic ring is 1. The van der Waals surface area contributed by atoms with E-state index in [0.717, 1.165) is 25.1 Å². The van der Waals surface area contributed by atoms with Crippen molar-refractivity contribution >= 4 is 23.0 Å². The van der Waals surface area contributed by atoms with Gasteiger partial charge in [-0.3, -0.25) is 0 Å². The zero-order chi connectivity index (χ0) is 13.4. The first-order valence-electron chi connectivity index (χ1n) is 6.79. The monoisotopic (exact) mass is 284 g/mol. The molecule has 5 heteroatoms. The number of fused-ring (bicyclic) bond motifs is 1. The van der Waals surface area contributed by atoms with E-state index in [4.69, 9.17) is 22.1 Å². The summed E-state index contributed by atoms with van der Waals surface area (Å²) in [6.45, 7) is 1.48. The van der Waals surface area contributed by atoms with Gasteiger partial charge in [0.25, 0.3) is 0 Å². The van der Waals surface area contributed by atoms with E-state index in [2.05, 4.69) is 4.90 Å². The predicted octanol–water partition coefficient (Wildman–Crippen LogP) is 3.21. The third-order valence-electron chi connectivity index (χ3n) is 4.11. The predicted molar refractivity (Wildman–Crippen MR) is 75.2 cm³/mol. The molecule has 0 radical (unpaired) electrons. The van der Waals surface area contributed by atoms with Crippen molar-refractivity contribution in [1.29, 1.82) is 0 Å². The molecule has 1 aromatic carbocycles. The van der Waals surface area contributed by atoms with Gasteiger partial charge in [0.15, 0.2) is 0 Å². The van der Waals surface area contributed by atoms with Gasteiger partial charge in [-0.05, 0) is 18.9 Å². The molecule has 1 aliphatic heterocycles. The molecular weight excluding hydrogens is 267 g/mol. The number of anilines is 2. The van der Waals surface area contributed by atoms with Crippen LogP contribution in [0.2, 0.25) is 5.02 Å². The molecule has 2 N–H and O–H groups in total. The molecule has 1 saturated heterocycles. The normalized spacial score (nSPS) is 27.2. The van der Waals surface area contributed by atoms with Crippen LogP contribution < -0.4 is 10.6 Å². The molecule has 2 aliphatic rings. The van der Waals surface area contributed by atoms with Crippen LogP contribution in [-0.2, 0) is 4.74 Å². The molecule has 2 fully saturated rings. The molecule has 1 heterocycles. The summed E-state index contributed by atoms with van der Waals surface area (Å²) < 4.78 is 19.2. The van der Waals surface area contributed by atoms with Crippen molar-refractivity contribution in [2.75, 3.05) is 23.8 Å². The minimum absolute atomic E-state index is 0.128. The Morgan fingerprint density at radius 3 is 2.95 bits per heavy atom. The smallest absolute Gasteiger partial charge is 0.143 e. The summed E-state index contributed by atoms with van der Waals surface area (Å²) in [6.07, 6.45) is 4.88. The first-order chi connectivity index (χ1) is 9.16. The fraction of sp³-hybridized carbons (Fsp3) is 0.571. The minimum Gasteiger partial charge on any atom is -0.397 e. The van der Waals surface area contributed by atoms with Crippen LogP contribution in [0.4, 0.5) is 15.8 Å². The third kappa shape index (κ3) is 2.39. The molecule has 2 atom stereocenters. The second-order valence-electron chi connectivity index (χ2n) is 5.28. The lowest BCUT2D eigenvalue weighted by Crippen LogP contribution is -2.53. The zero-order valence-corrected chi connectivity index (χ0v) is 11.5. The fourth-order valence-electron chi connectivity index (χ4n) is 3.20. The van der Waals surface area contributed by atoms with Crippen LogP contribution in [0.3, 0.4) is 0 Å². The number of rotatable bonds is 1. The lowest BCUT2D eigenvalue weighted by atomic mass is 9.89. The molecule has 1 aliphatic carbocycles. The van der Waals surface area contributed by atoms with Crippen molar-refractivity contribution in [2.45, 2.75) is 37.8 Å². The zero-order valence-electron chi connectivity index (χ0n) is 10.7. The Balaban J connectivity index is 1.93. The Labute approximate surface area is 117 Å². The molecule has 1 saturated carbocycles. The molecule has 0 bridgehead atoms. The Bertz CT molecular complexity index is 481. The topological polar surface area (TPSA) is 38.5 Å². The average Bonchev–Trinajstić information content (AvgIpc) is 2.42. The highest BCUT2D eigenvalue weighted by Crippen LogP contribution is 2.36. The van der Waals surface area contributed by atoms with Crippen molar-refractivity contribution in [1.82, 2.24) is 0 Å². The number of ether oxygens (including phenoxy) is 1. The number of hydrogen-bond donors (Lipinski definition) is 1. The Morgan fingerprint density at radius 2 is 2.11 bits per heavy atom. The second kappa shape index (κ2) is 5.17. The summed E-state index contributed by atoms with van der Waals surface area (Å²) in [5.74, 6) is -0.462. The lowest BCUT2D eigenvalue weighted by molar-refractivity contribution is -0.00862. The van der Waals surface area contributed by atoms with E-state index in [-0.39, 0.29) is 11.1 Å². The van der Waals surface area contributed by atoms with Gasteiger partial charge in [-0.25, -0.2) is 4.39 Å². The average molecular weight is 285 g/mol. The van der Waals surface area contributed by atoms with Gasteiger partial charge < -0.3 is 15.4 Å². The van der Waals surface area contributed by atoms with Gasteiger partial charge >= 0.3 is 0 Å². The lowest BCUT2D eigenvalue weighted by Gasteiger charge is -2.45. The molecule has 2 unspecified atom stereocenters. The summed E-state index contributed by atoms with van der Waals surface area (Å²) in [5, 5.41) is 0.128. The van der Waals surface area contributed by atoms with Crippen LogP contribution in [0.5, 0.6) is 0 Å². The number of hydrogen-bond acceptors (Lipinski definition) is 3. The van der Waals surface area contributed by atoms with Crippen LogP contribution in [-0.4, -0.2) is 25.3 Å². The van der Waals surface area contributed by atoms with Crippen LogP contribution in [0.1, 0.15) is 25.7 Å². The van der Waals surface area contributed by atoms with Gasteiger partial charge in [-0.15, -0.1) is 0 Å². The summed E-state index contributed by atoms with van der Waals surface area (Å²) in [5.41, 5.74) is 7.25. The maximum absolute atomic E-state index is 13.4. The van der Waals surface area contributed by atoms with Gasteiger partial charge in [0.2, 0.25) is 0 Å². The quantitative estimate of drug-likeness (QED) is 0.805. The van der Waals surface area contributed by atoms with E-state index in [1.54, 1.807) is 6.07 Å². The van der Waals surface area contributed by atoms with E-state index >= 15 is 0 Å². The first kappa shape index (κ1) is 13.0. The van der Waals surface area contributed by atoms with E-state index in [0.29, 0.717) is 18.3 Å². The molecule has 3 rings (SSSR count). The van der Waals surface area contributed by atoms with Crippen LogP contribution in [0.25, 0.3) is 0 Å². The maximum atomic E-state index is 13.4. The Hall–Kier alpha value is -1.00. The van der Waals surface area contributed by atoms with Crippen LogP contribution in [0, 0.1) is 5.82 Å². The van der Waals surface area contributed by atoms with Crippen molar-refractivity contribution < 1.29 is 9.13 Å². The molecule has 0 amide bonds. The van der Waals surface area contributed by atoms with Crippen molar-refractivity contribution in [2.24, 2.45) is 0 Å². The first-order valence-corrected chi connectivity index (χ1v) is 7.17. The highest BCUT2D eigenvalue weighted by Gasteiger charge is 2.35. The van der Waals surface area contributed by atoms with E-state index in [1.165, 1.54) is 18.9 Å². The summed E-state index contributed by atoms with van der Waals surface area (Å²) in [4.78, 5) is 2.24. The molecule has 104 valence electrons.